The third-order valence-electron chi connectivity index (χ3n) is 3.29. The van der Waals surface area contributed by atoms with Crippen LogP contribution in [0.4, 0.5) is 0 Å². The van der Waals surface area contributed by atoms with Crippen LogP contribution in [0, 0.1) is 0 Å². The van der Waals surface area contributed by atoms with Gasteiger partial charge in [-0.25, -0.2) is 0 Å². The van der Waals surface area contributed by atoms with Crippen LogP contribution in [0.5, 0.6) is 11.5 Å². The standard InChI is InChI=1S/C15H11BrCl2O3/c16-10-4-8(5-14-15(10)21-7-20-14)13(19)6-9-11(17)2-1-3-12(9)18/h1-5,13,19H,6-7H2. The first-order chi connectivity index (χ1) is 10.1. The molecule has 2 aromatic rings. The Morgan fingerprint density at radius 2 is 1.90 bits per heavy atom. The molecule has 3 rings (SSSR count). The lowest BCUT2D eigenvalue weighted by atomic mass is 10.0. The molecule has 0 radical (unpaired) electrons. The second kappa shape index (κ2) is 6.05. The van der Waals surface area contributed by atoms with Crippen molar-refractivity contribution in [2.45, 2.75) is 12.5 Å². The Morgan fingerprint density at radius 3 is 2.62 bits per heavy atom. The molecule has 21 heavy (non-hydrogen) atoms. The number of rotatable bonds is 3. The number of hydrogen-bond acceptors (Lipinski definition) is 3. The molecule has 1 atom stereocenters. The molecule has 0 fully saturated rings. The molecule has 0 bridgehead atoms. The van der Waals surface area contributed by atoms with Gasteiger partial charge in [0, 0.05) is 16.5 Å². The Balaban J connectivity index is 1.89. The summed E-state index contributed by atoms with van der Waals surface area (Å²) in [5.41, 5.74) is 1.43. The number of ether oxygens (including phenoxy) is 2. The van der Waals surface area contributed by atoms with Crippen molar-refractivity contribution in [1.29, 1.82) is 0 Å². The average Bonchev–Trinajstić information content (AvgIpc) is 2.91. The van der Waals surface area contributed by atoms with Crippen molar-refractivity contribution in [3.63, 3.8) is 0 Å². The van der Waals surface area contributed by atoms with Gasteiger partial charge in [-0.05, 0) is 51.3 Å². The molecule has 1 N–H and O–H groups in total. The van der Waals surface area contributed by atoms with Crippen molar-refractivity contribution in [2.24, 2.45) is 0 Å². The molecule has 0 spiro atoms. The minimum atomic E-state index is -0.742. The highest BCUT2D eigenvalue weighted by molar-refractivity contribution is 9.10. The van der Waals surface area contributed by atoms with Gasteiger partial charge in [0.2, 0.25) is 6.79 Å². The number of hydrogen-bond donors (Lipinski definition) is 1. The van der Waals surface area contributed by atoms with Gasteiger partial charge in [0.15, 0.2) is 11.5 Å². The van der Waals surface area contributed by atoms with Crippen LogP contribution in [0.1, 0.15) is 17.2 Å². The SMILES string of the molecule is OC(Cc1c(Cl)cccc1Cl)c1cc(Br)c2c(c1)OCO2. The molecule has 3 nitrogen and oxygen atoms in total. The molecule has 1 aliphatic rings. The molecular weight excluding hydrogens is 379 g/mol. The summed E-state index contributed by atoms with van der Waals surface area (Å²) < 4.78 is 11.4. The van der Waals surface area contributed by atoms with Gasteiger partial charge < -0.3 is 14.6 Å². The van der Waals surface area contributed by atoms with Gasteiger partial charge in [-0.2, -0.15) is 0 Å². The van der Waals surface area contributed by atoms with Gasteiger partial charge >= 0.3 is 0 Å². The number of aliphatic hydroxyl groups excluding tert-OH is 1. The third-order valence-corrected chi connectivity index (χ3v) is 4.59. The predicted molar refractivity (Wildman–Crippen MR) is 85.4 cm³/mol. The topological polar surface area (TPSA) is 38.7 Å². The maximum absolute atomic E-state index is 10.4. The average molecular weight is 390 g/mol. The highest BCUT2D eigenvalue weighted by atomic mass is 79.9. The molecule has 0 saturated heterocycles. The third kappa shape index (κ3) is 2.99. The Labute approximate surface area is 140 Å². The highest BCUT2D eigenvalue weighted by Crippen LogP contribution is 2.42. The summed E-state index contributed by atoms with van der Waals surface area (Å²) in [7, 11) is 0. The van der Waals surface area contributed by atoms with Gasteiger partial charge in [-0.1, -0.05) is 29.3 Å². The van der Waals surface area contributed by atoms with Crippen molar-refractivity contribution in [2.75, 3.05) is 6.79 Å². The van der Waals surface area contributed by atoms with Crippen molar-refractivity contribution in [3.05, 3.63) is 56.0 Å². The van der Waals surface area contributed by atoms with Crippen LogP contribution < -0.4 is 9.47 Å². The van der Waals surface area contributed by atoms with Crippen molar-refractivity contribution < 1.29 is 14.6 Å². The first kappa shape index (κ1) is 15.0. The fourth-order valence-corrected chi connectivity index (χ4v) is 3.34. The zero-order valence-corrected chi connectivity index (χ0v) is 13.9. The monoisotopic (exact) mass is 388 g/mol. The van der Waals surface area contributed by atoms with E-state index in [4.69, 9.17) is 32.7 Å². The molecule has 2 aromatic carbocycles. The van der Waals surface area contributed by atoms with Gasteiger partial charge in [0.05, 0.1) is 10.6 Å². The second-order valence-corrected chi connectivity index (χ2v) is 6.33. The molecule has 0 aromatic heterocycles. The zero-order chi connectivity index (χ0) is 15.0. The van der Waals surface area contributed by atoms with Crippen LogP contribution in [-0.4, -0.2) is 11.9 Å². The fourth-order valence-electron chi connectivity index (χ4n) is 2.22. The summed E-state index contributed by atoms with van der Waals surface area (Å²) in [6.07, 6.45) is -0.418. The van der Waals surface area contributed by atoms with E-state index in [1.165, 1.54) is 0 Å². The minimum absolute atomic E-state index is 0.184. The summed E-state index contributed by atoms with van der Waals surface area (Å²) in [6.45, 7) is 0.184. The molecule has 1 aliphatic heterocycles. The minimum Gasteiger partial charge on any atom is -0.454 e. The van der Waals surface area contributed by atoms with Crippen molar-refractivity contribution in [3.8, 4) is 11.5 Å². The molecule has 110 valence electrons. The Bertz CT molecular complexity index is 671. The molecule has 0 aliphatic carbocycles. The van der Waals surface area contributed by atoms with Crippen molar-refractivity contribution in [1.82, 2.24) is 0 Å². The first-order valence-corrected chi connectivity index (χ1v) is 7.81. The lowest BCUT2D eigenvalue weighted by Crippen LogP contribution is -2.03. The lowest BCUT2D eigenvalue weighted by Gasteiger charge is -2.14. The van der Waals surface area contributed by atoms with Gasteiger partial charge in [-0.3, -0.25) is 0 Å². The van der Waals surface area contributed by atoms with Gasteiger partial charge in [0.25, 0.3) is 0 Å². The van der Waals surface area contributed by atoms with E-state index >= 15 is 0 Å². The largest absolute Gasteiger partial charge is 0.454 e. The van der Waals surface area contributed by atoms with Crippen LogP contribution in [0.15, 0.2) is 34.8 Å². The zero-order valence-electron chi connectivity index (χ0n) is 10.8. The second-order valence-electron chi connectivity index (χ2n) is 4.66. The first-order valence-electron chi connectivity index (χ1n) is 6.26. The van der Waals surface area contributed by atoms with E-state index in [1.807, 2.05) is 6.07 Å². The predicted octanol–water partition coefficient (Wildman–Crippen LogP) is 4.76. The maximum atomic E-state index is 10.4. The lowest BCUT2D eigenvalue weighted by molar-refractivity contribution is 0.171. The summed E-state index contributed by atoms with van der Waals surface area (Å²) >= 11 is 15.7. The molecular formula is C15H11BrCl2O3. The van der Waals surface area contributed by atoms with E-state index < -0.39 is 6.10 Å². The fraction of sp³-hybridized carbons (Fsp3) is 0.200. The Kier molecular flexibility index (Phi) is 4.31. The number of halogens is 3. The van der Waals surface area contributed by atoms with Crippen LogP contribution in [0.3, 0.4) is 0 Å². The van der Waals surface area contributed by atoms with Crippen LogP contribution >= 0.6 is 39.1 Å². The summed E-state index contributed by atoms with van der Waals surface area (Å²) in [5.74, 6) is 1.27. The molecule has 0 amide bonds. The number of aliphatic hydroxyl groups is 1. The van der Waals surface area contributed by atoms with E-state index in [0.717, 1.165) is 10.0 Å². The normalized spacial score (nSPS) is 14.3. The Morgan fingerprint density at radius 1 is 1.19 bits per heavy atom. The number of benzene rings is 2. The molecule has 6 heteroatoms. The van der Waals surface area contributed by atoms with Crippen LogP contribution in [0.25, 0.3) is 0 Å². The van der Waals surface area contributed by atoms with E-state index in [0.29, 0.717) is 33.5 Å². The van der Waals surface area contributed by atoms with E-state index in [2.05, 4.69) is 15.9 Å². The van der Waals surface area contributed by atoms with E-state index in [9.17, 15) is 5.11 Å². The molecule has 1 unspecified atom stereocenters. The smallest absolute Gasteiger partial charge is 0.231 e. The maximum Gasteiger partial charge on any atom is 0.231 e. The summed E-state index contributed by atoms with van der Waals surface area (Å²) in [6, 6.07) is 8.86. The van der Waals surface area contributed by atoms with E-state index in [-0.39, 0.29) is 6.79 Å². The van der Waals surface area contributed by atoms with Gasteiger partial charge in [-0.15, -0.1) is 0 Å². The summed E-state index contributed by atoms with van der Waals surface area (Å²) in [5, 5.41) is 11.5. The Hall–Kier alpha value is -0.940. The highest BCUT2D eigenvalue weighted by Gasteiger charge is 2.21. The van der Waals surface area contributed by atoms with Crippen LogP contribution in [0.2, 0.25) is 10.0 Å². The molecule has 0 saturated carbocycles. The summed E-state index contributed by atoms with van der Waals surface area (Å²) in [4.78, 5) is 0. The number of fused-ring (bicyclic) bond motifs is 1. The molecule has 1 heterocycles. The van der Waals surface area contributed by atoms with Crippen LogP contribution in [-0.2, 0) is 6.42 Å². The van der Waals surface area contributed by atoms with Crippen molar-refractivity contribution >= 4 is 39.1 Å². The van der Waals surface area contributed by atoms with Gasteiger partial charge in [0.1, 0.15) is 0 Å². The quantitative estimate of drug-likeness (QED) is 0.822. The van der Waals surface area contributed by atoms with E-state index in [1.54, 1.807) is 24.3 Å².